The van der Waals surface area contributed by atoms with Gasteiger partial charge in [0.05, 0.1) is 12.9 Å². The van der Waals surface area contributed by atoms with Crippen molar-refractivity contribution < 1.29 is 14.3 Å². The lowest BCUT2D eigenvalue weighted by Crippen LogP contribution is -2.50. The first-order valence-corrected chi connectivity index (χ1v) is 11.4. The van der Waals surface area contributed by atoms with Gasteiger partial charge in [-0.25, -0.2) is 0 Å². The van der Waals surface area contributed by atoms with Crippen molar-refractivity contribution in [2.24, 2.45) is 0 Å². The molecule has 0 fully saturated rings. The van der Waals surface area contributed by atoms with Gasteiger partial charge in [-0.15, -0.1) is 11.8 Å². The van der Waals surface area contributed by atoms with E-state index in [0.717, 1.165) is 23.5 Å². The second-order valence-electron chi connectivity index (χ2n) is 7.35. The Morgan fingerprint density at radius 2 is 1.77 bits per heavy atom. The zero-order valence-electron chi connectivity index (χ0n) is 18.3. The minimum Gasteiger partial charge on any atom is -0.497 e. The molecule has 2 atom stereocenters. The van der Waals surface area contributed by atoms with Crippen LogP contribution in [-0.4, -0.2) is 41.7 Å². The standard InChI is InChI=1S/C24H32N2O3S/c1-5-18(2)25-24(28)19(3)26(15-21-12-9-13-22(14-21)29-4)23(27)17-30-16-20-10-7-6-8-11-20/h6-14,18-19H,5,15-17H2,1-4H3,(H,25,28)/t18-,19+/m1/s1. The molecule has 0 aliphatic rings. The van der Waals surface area contributed by atoms with Crippen LogP contribution in [0.25, 0.3) is 0 Å². The maximum absolute atomic E-state index is 13.1. The Balaban J connectivity index is 2.09. The summed E-state index contributed by atoms with van der Waals surface area (Å²) in [4.78, 5) is 27.5. The van der Waals surface area contributed by atoms with Gasteiger partial charge >= 0.3 is 0 Å². The van der Waals surface area contributed by atoms with E-state index in [-0.39, 0.29) is 17.9 Å². The van der Waals surface area contributed by atoms with Crippen LogP contribution in [0.15, 0.2) is 54.6 Å². The number of carbonyl (C=O) groups is 2. The molecule has 0 aliphatic heterocycles. The lowest BCUT2D eigenvalue weighted by molar-refractivity contribution is -0.138. The second-order valence-corrected chi connectivity index (χ2v) is 8.33. The topological polar surface area (TPSA) is 58.6 Å². The summed E-state index contributed by atoms with van der Waals surface area (Å²) in [5.41, 5.74) is 2.11. The summed E-state index contributed by atoms with van der Waals surface area (Å²) in [6, 6.07) is 17.2. The summed E-state index contributed by atoms with van der Waals surface area (Å²) < 4.78 is 5.30. The summed E-state index contributed by atoms with van der Waals surface area (Å²) in [7, 11) is 1.62. The predicted octanol–water partition coefficient (Wildman–Crippen LogP) is 4.26. The fourth-order valence-corrected chi connectivity index (χ4v) is 3.80. The molecule has 0 unspecified atom stereocenters. The van der Waals surface area contributed by atoms with Crippen molar-refractivity contribution in [3.8, 4) is 5.75 Å². The van der Waals surface area contributed by atoms with Crippen LogP contribution < -0.4 is 10.1 Å². The van der Waals surface area contributed by atoms with Crippen molar-refractivity contribution in [2.75, 3.05) is 12.9 Å². The van der Waals surface area contributed by atoms with Crippen LogP contribution in [0.5, 0.6) is 5.75 Å². The number of carbonyl (C=O) groups excluding carboxylic acids is 2. The van der Waals surface area contributed by atoms with Gasteiger partial charge in [-0.1, -0.05) is 49.4 Å². The maximum atomic E-state index is 13.1. The normalized spacial score (nSPS) is 12.7. The third-order valence-electron chi connectivity index (χ3n) is 4.99. The molecule has 2 rings (SSSR count). The lowest BCUT2D eigenvalue weighted by atomic mass is 10.1. The highest BCUT2D eigenvalue weighted by Crippen LogP contribution is 2.18. The van der Waals surface area contributed by atoms with E-state index in [4.69, 9.17) is 4.74 Å². The molecule has 162 valence electrons. The average Bonchev–Trinajstić information content (AvgIpc) is 2.77. The van der Waals surface area contributed by atoms with Gasteiger partial charge in [-0.05, 0) is 43.5 Å². The molecule has 2 aromatic carbocycles. The van der Waals surface area contributed by atoms with E-state index in [1.165, 1.54) is 5.56 Å². The Morgan fingerprint density at radius 3 is 2.43 bits per heavy atom. The highest BCUT2D eigenvalue weighted by atomic mass is 32.2. The Morgan fingerprint density at radius 1 is 1.07 bits per heavy atom. The Bertz CT molecular complexity index is 813. The number of nitrogens with one attached hydrogen (secondary N) is 1. The Hall–Kier alpha value is -2.47. The van der Waals surface area contributed by atoms with E-state index >= 15 is 0 Å². The molecule has 0 bridgehead atoms. The van der Waals surface area contributed by atoms with Gasteiger partial charge in [-0.2, -0.15) is 0 Å². The predicted molar refractivity (Wildman–Crippen MR) is 124 cm³/mol. The summed E-state index contributed by atoms with van der Waals surface area (Å²) in [5, 5.41) is 2.99. The van der Waals surface area contributed by atoms with Gasteiger partial charge in [0.1, 0.15) is 11.8 Å². The molecule has 0 saturated carbocycles. The minimum atomic E-state index is -0.560. The molecule has 0 aliphatic carbocycles. The monoisotopic (exact) mass is 428 g/mol. The molecule has 2 aromatic rings. The lowest BCUT2D eigenvalue weighted by Gasteiger charge is -2.29. The number of hydrogen-bond donors (Lipinski definition) is 1. The molecule has 5 nitrogen and oxygen atoms in total. The number of nitrogens with zero attached hydrogens (tertiary/aromatic N) is 1. The molecule has 1 N–H and O–H groups in total. The number of ether oxygens (including phenoxy) is 1. The molecule has 0 aromatic heterocycles. The number of benzene rings is 2. The number of amides is 2. The van der Waals surface area contributed by atoms with E-state index in [2.05, 4.69) is 5.32 Å². The first-order valence-electron chi connectivity index (χ1n) is 10.3. The summed E-state index contributed by atoms with van der Waals surface area (Å²) >= 11 is 1.56. The summed E-state index contributed by atoms with van der Waals surface area (Å²) in [5.74, 6) is 1.63. The fraction of sp³-hybridized carbons (Fsp3) is 0.417. The van der Waals surface area contributed by atoms with Crippen LogP contribution in [0, 0.1) is 0 Å². The molecule has 0 heterocycles. The molecule has 30 heavy (non-hydrogen) atoms. The number of methoxy groups -OCH3 is 1. The van der Waals surface area contributed by atoms with Crippen molar-refractivity contribution in [3.63, 3.8) is 0 Å². The first-order chi connectivity index (χ1) is 14.4. The SMILES string of the molecule is CC[C@@H](C)NC(=O)[C@H](C)N(Cc1cccc(OC)c1)C(=O)CSCc1ccccc1. The first kappa shape index (κ1) is 23.8. The molecule has 6 heteroatoms. The van der Waals surface area contributed by atoms with Crippen molar-refractivity contribution in [3.05, 3.63) is 65.7 Å². The Kier molecular flexibility index (Phi) is 9.74. The zero-order chi connectivity index (χ0) is 21.9. The van der Waals surface area contributed by atoms with Gasteiger partial charge in [-0.3, -0.25) is 9.59 Å². The van der Waals surface area contributed by atoms with Crippen molar-refractivity contribution in [2.45, 2.75) is 51.6 Å². The average molecular weight is 429 g/mol. The largest absolute Gasteiger partial charge is 0.497 e. The quantitative estimate of drug-likeness (QED) is 0.581. The smallest absolute Gasteiger partial charge is 0.242 e. The van der Waals surface area contributed by atoms with Crippen LogP contribution >= 0.6 is 11.8 Å². The van der Waals surface area contributed by atoms with Crippen LogP contribution in [0.1, 0.15) is 38.3 Å². The van der Waals surface area contributed by atoms with Crippen LogP contribution in [0.2, 0.25) is 0 Å². The fourth-order valence-electron chi connectivity index (χ4n) is 2.93. The Labute approximate surface area is 184 Å². The van der Waals surface area contributed by atoms with E-state index < -0.39 is 6.04 Å². The van der Waals surface area contributed by atoms with Gasteiger partial charge in [0.2, 0.25) is 11.8 Å². The van der Waals surface area contributed by atoms with Crippen molar-refractivity contribution >= 4 is 23.6 Å². The number of rotatable bonds is 11. The van der Waals surface area contributed by atoms with Crippen LogP contribution in [0.3, 0.4) is 0 Å². The number of hydrogen-bond acceptors (Lipinski definition) is 4. The van der Waals surface area contributed by atoms with Gasteiger partial charge in [0, 0.05) is 18.3 Å². The van der Waals surface area contributed by atoms with Gasteiger partial charge in [0.15, 0.2) is 0 Å². The third-order valence-corrected chi connectivity index (χ3v) is 5.98. The maximum Gasteiger partial charge on any atom is 0.242 e. The second kappa shape index (κ2) is 12.3. The van der Waals surface area contributed by atoms with Crippen LogP contribution in [-0.2, 0) is 21.9 Å². The van der Waals surface area contributed by atoms with Gasteiger partial charge < -0.3 is 15.0 Å². The third kappa shape index (κ3) is 7.41. The highest BCUT2D eigenvalue weighted by Gasteiger charge is 2.26. The van der Waals surface area contributed by atoms with Gasteiger partial charge in [0.25, 0.3) is 0 Å². The van der Waals surface area contributed by atoms with Crippen molar-refractivity contribution in [1.82, 2.24) is 10.2 Å². The summed E-state index contributed by atoms with van der Waals surface area (Å²) in [6.07, 6.45) is 0.842. The van der Waals surface area contributed by atoms with E-state index in [1.54, 1.807) is 30.7 Å². The van der Waals surface area contributed by atoms with E-state index in [1.807, 2.05) is 68.4 Å². The molecular formula is C24H32N2O3S. The van der Waals surface area contributed by atoms with Crippen molar-refractivity contribution in [1.29, 1.82) is 0 Å². The molecular weight excluding hydrogens is 396 g/mol. The highest BCUT2D eigenvalue weighted by molar-refractivity contribution is 7.99. The number of thioether (sulfide) groups is 1. The molecule has 0 saturated heterocycles. The molecule has 2 amide bonds. The molecule has 0 radical (unpaired) electrons. The summed E-state index contributed by atoms with van der Waals surface area (Å²) in [6.45, 7) is 6.14. The van der Waals surface area contributed by atoms with Crippen LogP contribution in [0.4, 0.5) is 0 Å². The van der Waals surface area contributed by atoms with E-state index in [9.17, 15) is 9.59 Å². The molecule has 0 spiro atoms. The van der Waals surface area contributed by atoms with E-state index in [0.29, 0.717) is 12.3 Å². The minimum absolute atomic E-state index is 0.0504. The zero-order valence-corrected chi connectivity index (χ0v) is 19.1.